The number of nitrogens with one attached hydrogen (secondary N) is 2. The highest BCUT2D eigenvalue weighted by Gasteiger charge is 2.14. The molecule has 1 aliphatic rings. The molecule has 1 aliphatic heterocycles. The van der Waals surface area contributed by atoms with Crippen LogP contribution in [0.1, 0.15) is 53.3 Å². The fourth-order valence-electron chi connectivity index (χ4n) is 3.40. The van der Waals surface area contributed by atoms with Crippen LogP contribution in [0.5, 0.6) is 0 Å². The number of halogens is 1. The molecule has 2 amide bonds. The summed E-state index contributed by atoms with van der Waals surface area (Å²) in [6.07, 6.45) is 6.69. The summed E-state index contributed by atoms with van der Waals surface area (Å²) in [6, 6.07) is 6.94. The van der Waals surface area contributed by atoms with E-state index in [1.54, 1.807) is 24.3 Å². The average molecular weight is 450 g/mol. The Morgan fingerprint density at radius 1 is 1.13 bits per heavy atom. The van der Waals surface area contributed by atoms with E-state index < -0.39 is 0 Å². The molecule has 1 aromatic carbocycles. The molecule has 0 unspecified atom stereocenters. The Morgan fingerprint density at radius 3 is 2.77 bits per heavy atom. The van der Waals surface area contributed by atoms with Gasteiger partial charge in [0, 0.05) is 30.1 Å². The zero-order chi connectivity index (χ0) is 21.2. The molecule has 1 fully saturated rings. The van der Waals surface area contributed by atoms with Crippen molar-refractivity contribution in [2.45, 2.75) is 44.9 Å². The van der Waals surface area contributed by atoms with E-state index in [1.807, 2.05) is 0 Å². The van der Waals surface area contributed by atoms with Crippen LogP contribution in [-0.4, -0.2) is 53.1 Å². The topological polar surface area (TPSA) is 87.2 Å². The normalized spacial score (nSPS) is 14.4. The molecule has 2 heterocycles. The quantitative estimate of drug-likeness (QED) is 0.539. The van der Waals surface area contributed by atoms with Crippen LogP contribution in [0.3, 0.4) is 0 Å². The van der Waals surface area contributed by atoms with E-state index in [4.69, 9.17) is 11.6 Å². The minimum absolute atomic E-state index is 0.0667. The lowest BCUT2D eigenvalue weighted by Gasteiger charge is -2.26. The number of aryl methyl sites for hydroxylation is 1. The molecule has 0 spiro atoms. The van der Waals surface area contributed by atoms with Crippen molar-refractivity contribution in [3.05, 3.63) is 39.3 Å². The van der Waals surface area contributed by atoms with Crippen LogP contribution in [0.15, 0.2) is 24.3 Å². The van der Waals surface area contributed by atoms with Gasteiger partial charge in [-0.15, -0.1) is 10.2 Å². The van der Waals surface area contributed by atoms with Gasteiger partial charge in [0.05, 0.1) is 0 Å². The van der Waals surface area contributed by atoms with Crippen LogP contribution in [-0.2, 0) is 11.2 Å². The van der Waals surface area contributed by atoms with Crippen LogP contribution in [0.25, 0.3) is 0 Å². The summed E-state index contributed by atoms with van der Waals surface area (Å²) in [6.45, 7) is 4.16. The summed E-state index contributed by atoms with van der Waals surface area (Å²) in [5.74, 6) is -0.246. The number of piperidine rings is 1. The van der Waals surface area contributed by atoms with Gasteiger partial charge in [-0.25, -0.2) is 0 Å². The first kappa shape index (κ1) is 22.7. The third-order valence-electron chi connectivity index (χ3n) is 4.96. The van der Waals surface area contributed by atoms with Crippen molar-refractivity contribution in [3.63, 3.8) is 0 Å². The lowest BCUT2D eigenvalue weighted by atomic mass is 10.1. The van der Waals surface area contributed by atoms with E-state index in [1.165, 1.54) is 43.7 Å². The maximum Gasteiger partial charge on any atom is 0.286 e. The molecule has 3 rings (SSSR count). The van der Waals surface area contributed by atoms with Gasteiger partial charge in [-0.05, 0) is 63.5 Å². The number of amides is 2. The standard InChI is InChI=1S/C21H28ClN5O2S/c22-16-7-4-8-17(15-16)24-20(29)21-26-25-19(30-21)10-5-9-18(28)23-11-6-14-27-12-2-1-3-13-27/h4,7-8,15H,1-3,5-6,9-14H2,(H,23,28)(H,24,29). The first-order valence-electron chi connectivity index (χ1n) is 10.5. The van der Waals surface area contributed by atoms with Gasteiger partial charge in [0.1, 0.15) is 5.01 Å². The van der Waals surface area contributed by atoms with Gasteiger partial charge in [0.2, 0.25) is 10.9 Å². The Bertz CT molecular complexity index is 838. The number of anilines is 1. The Balaban J connectivity index is 1.31. The van der Waals surface area contributed by atoms with Gasteiger partial charge in [0.25, 0.3) is 5.91 Å². The zero-order valence-corrected chi connectivity index (χ0v) is 18.6. The summed E-state index contributed by atoms with van der Waals surface area (Å²) in [5, 5.41) is 15.4. The predicted molar refractivity (Wildman–Crippen MR) is 120 cm³/mol. The van der Waals surface area contributed by atoms with E-state index >= 15 is 0 Å². The highest BCUT2D eigenvalue weighted by molar-refractivity contribution is 7.13. The van der Waals surface area contributed by atoms with Crippen molar-refractivity contribution in [3.8, 4) is 0 Å². The second kappa shape index (κ2) is 12.0. The molecule has 0 bridgehead atoms. The Labute approximate surface area is 186 Å². The van der Waals surface area contributed by atoms with Gasteiger partial charge in [0.15, 0.2) is 0 Å². The molecule has 1 aromatic heterocycles. The van der Waals surface area contributed by atoms with Crippen LogP contribution in [0, 0.1) is 0 Å². The number of carbonyl (C=O) groups is 2. The SMILES string of the molecule is O=C(CCCc1nnc(C(=O)Nc2cccc(Cl)c2)s1)NCCCN1CCCCC1. The molecule has 30 heavy (non-hydrogen) atoms. The van der Waals surface area contributed by atoms with Gasteiger partial charge < -0.3 is 15.5 Å². The Kier molecular flexibility index (Phi) is 9.04. The lowest BCUT2D eigenvalue weighted by Crippen LogP contribution is -2.33. The van der Waals surface area contributed by atoms with Crippen LogP contribution in [0.4, 0.5) is 5.69 Å². The van der Waals surface area contributed by atoms with E-state index in [-0.39, 0.29) is 11.8 Å². The summed E-state index contributed by atoms with van der Waals surface area (Å²) in [4.78, 5) is 26.7. The average Bonchev–Trinajstić information content (AvgIpc) is 3.21. The van der Waals surface area contributed by atoms with Crippen LogP contribution >= 0.6 is 22.9 Å². The van der Waals surface area contributed by atoms with Crippen molar-refractivity contribution < 1.29 is 9.59 Å². The number of likely N-dealkylation sites (tertiary alicyclic amines) is 1. The fourth-order valence-corrected chi connectivity index (χ4v) is 4.37. The molecular weight excluding hydrogens is 422 g/mol. The number of nitrogens with zero attached hydrogens (tertiary/aromatic N) is 3. The second-order valence-electron chi connectivity index (χ2n) is 7.42. The van der Waals surface area contributed by atoms with Gasteiger partial charge >= 0.3 is 0 Å². The second-order valence-corrected chi connectivity index (χ2v) is 8.92. The van der Waals surface area contributed by atoms with Crippen molar-refractivity contribution in [2.75, 3.05) is 31.5 Å². The summed E-state index contributed by atoms with van der Waals surface area (Å²) >= 11 is 7.17. The van der Waals surface area contributed by atoms with Crippen LogP contribution in [0.2, 0.25) is 5.02 Å². The smallest absolute Gasteiger partial charge is 0.286 e. The number of hydrogen-bond donors (Lipinski definition) is 2. The summed E-state index contributed by atoms with van der Waals surface area (Å²) < 4.78 is 0. The third kappa shape index (κ3) is 7.66. The molecule has 162 valence electrons. The number of hydrogen-bond acceptors (Lipinski definition) is 6. The molecular formula is C21H28ClN5O2S. The van der Waals surface area contributed by atoms with Crippen molar-refractivity contribution in [1.82, 2.24) is 20.4 Å². The van der Waals surface area contributed by atoms with E-state index in [2.05, 4.69) is 25.7 Å². The molecule has 2 N–H and O–H groups in total. The predicted octanol–water partition coefficient (Wildman–Crippen LogP) is 3.76. The Hall–Kier alpha value is -2.03. The van der Waals surface area contributed by atoms with E-state index in [0.717, 1.165) is 24.5 Å². The largest absolute Gasteiger partial charge is 0.356 e. The first-order chi connectivity index (χ1) is 14.6. The fraction of sp³-hybridized carbons (Fsp3) is 0.524. The monoisotopic (exact) mass is 449 g/mol. The number of benzene rings is 1. The minimum atomic E-state index is -0.313. The van der Waals surface area contributed by atoms with Gasteiger partial charge in [-0.3, -0.25) is 9.59 Å². The van der Waals surface area contributed by atoms with Crippen LogP contribution < -0.4 is 10.6 Å². The maximum atomic E-state index is 12.3. The first-order valence-corrected chi connectivity index (χ1v) is 11.7. The number of carbonyl (C=O) groups excluding carboxylic acids is 2. The summed E-state index contributed by atoms with van der Waals surface area (Å²) in [7, 11) is 0. The third-order valence-corrected chi connectivity index (χ3v) is 6.18. The van der Waals surface area contributed by atoms with Crippen molar-refractivity contribution in [2.24, 2.45) is 0 Å². The molecule has 2 aromatic rings. The van der Waals surface area contributed by atoms with Gasteiger partial charge in [-0.2, -0.15) is 0 Å². The molecule has 0 radical (unpaired) electrons. The van der Waals surface area contributed by atoms with E-state index in [0.29, 0.717) is 35.0 Å². The Morgan fingerprint density at radius 2 is 1.97 bits per heavy atom. The molecule has 7 nitrogen and oxygen atoms in total. The molecule has 0 aliphatic carbocycles. The lowest BCUT2D eigenvalue weighted by molar-refractivity contribution is -0.121. The molecule has 9 heteroatoms. The van der Waals surface area contributed by atoms with Gasteiger partial charge in [-0.1, -0.05) is 35.4 Å². The molecule has 0 atom stereocenters. The maximum absolute atomic E-state index is 12.3. The number of aromatic nitrogens is 2. The number of rotatable bonds is 10. The highest BCUT2D eigenvalue weighted by atomic mass is 35.5. The molecule has 0 saturated carbocycles. The van der Waals surface area contributed by atoms with Crippen molar-refractivity contribution >= 4 is 40.4 Å². The minimum Gasteiger partial charge on any atom is -0.356 e. The molecule has 1 saturated heterocycles. The summed E-state index contributed by atoms with van der Waals surface area (Å²) in [5.41, 5.74) is 0.612. The zero-order valence-electron chi connectivity index (χ0n) is 17.0. The highest BCUT2D eigenvalue weighted by Crippen LogP contribution is 2.18. The van der Waals surface area contributed by atoms with Crippen molar-refractivity contribution in [1.29, 1.82) is 0 Å². The van der Waals surface area contributed by atoms with E-state index in [9.17, 15) is 9.59 Å².